The minimum Gasteiger partial charge on any atom is -0.489 e. The summed E-state index contributed by atoms with van der Waals surface area (Å²) in [5.41, 5.74) is 2.43. The monoisotopic (exact) mass is 395 g/mol. The predicted molar refractivity (Wildman–Crippen MR) is 105 cm³/mol. The first kappa shape index (κ1) is 19.2. The van der Waals surface area contributed by atoms with Gasteiger partial charge in [-0.2, -0.15) is 0 Å². The third-order valence-corrected chi connectivity index (χ3v) is 4.97. The second-order valence-corrected chi connectivity index (χ2v) is 6.83. The van der Waals surface area contributed by atoms with Crippen LogP contribution in [0.4, 0.5) is 0 Å². The van der Waals surface area contributed by atoms with Crippen LogP contribution in [0.15, 0.2) is 36.7 Å². The molecule has 140 valence electrons. The smallest absolute Gasteiger partial charge is 0.179 e. The van der Waals surface area contributed by atoms with E-state index in [1.807, 2.05) is 18.5 Å². The molecule has 1 saturated heterocycles. The first-order valence-corrected chi connectivity index (χ1v) is 9.12. The molecule has 0 bridgehead atoms. The maximum atomic E-state index is 6.45. The van der Waals surface area contributed by atoms with Gasteiger partial charge in [0.25, 0.3) is 0 Å². The fraction of sp³-hybridized carbons (Fsp3) is 0.421. The summed E-state index contributed by atoms with van der Waals surface area (Å²) in [6.45, 7) is 5.04. The van der Waals surface area contributed by atoms with Crippen LogP contribution in [0.25, 0.3) is 0 Å². The third kappa shape index (κ3) is 4.23. The summed E-state index contributed by atoms with van der Waals surface area (Å²) in [6, 6.07) is 8.57. The first-order valence-electron chi connectivity index (χ1n) is 8.74. The van der Waals surface area contributed by atoms with Crippen LogP contribution in [0, 0.1) is 0 Å². The van der Waals surface area contributed by atoms with Gasteiger partial charge in [-0.1, -0.05) is 11.6 Å². The van der Waals surface area contributed by atoms with Crippen LogP contribution in [-0.4, -0.2) is 42.7 Å². The molecule has 5 nitrogen and oxygen atoms in total. The Hall–Kier alpha value is -1.53. The minimum absolute atomic E-state index is 0. The second-order valence-electron chi connectivity index (χ2n) is 6.43. The van der Waals surface area contributed by atoms with Gasteiger partial charge in [0.05, 0.1) is 18.2 Å². The number of nitrogens with one attached hydrogen (secondary N) is 1. The normalized spacial score (nSPS) is 20.1. The highest BCUT2D eigenvalue weighted by Crippen LogP contribution is 2.38. The van der Waals surface area contributed by atoms with Crippen LogP contribution in [0.5, 0.6) is 11.5 Å². The number of fused-ring (bicyclic) bond motifs is 1. The Bertz CT molecular complexity index is 730. The molecule has 1 aromatic carbocycles. The van der Waals surface area contributed by atoms with Gasteiger partial charge in [-0.05, 0) is 35.4 Å². The Kier molecular flexibility index (Phi) is 6.59. The van der Waals surface area contributed by atoms with Crippen molar-refractivity contribution in [1.82, 2.24) is 15.2 Å². The molecule has 0 aliphatic carbocycles. The highest BCUT2D eigenvalue weighted by molar-refractivity contribution is 6.32. The summed E-state index contributed by atoms with van der Waals surface area (Å²) in [4.78, 5) is 6.60. The largest absolute Gasteiger partial charge is 0.489 e. The maximum absolute atomic E-state index is 6.45. The van der Waals surface area contributed by atoms with Gasteiger partial charge in [-0.15, -0.1) is 12.4 Å². The van der Waals surface area contributed by atoms with Crippen molar-refractivity contribution in [3.05, 3.63) is 52.8 Å². The summed E-state index contributed by atoms with van der Waals surface area (Å²) in [7, 11) is 0. The van der Waals surface area contributed by atoms with E-state index >= 15 is 0 Å². The zero-order valence-electron chi connectivity index (χ0n) is 14.5. The van der Waals surface area contributed by atoms with Gasteiger partial charge in [0.1, 0.15) is 0 Å². The minimum atomic E-state index is 0. The van der Waals surface area contributed by atoms with Gasteiger partial charge >= 0.3 is 0 Å². The molecule has 7 heteroatoms. The number of benzene rings is 1. The molecule has 0 amide bonds. The van der Waals surface area contributed by atoms with E-state index in [1.54, 1.807) is 0 Å². The lowest BCUT2D eigenvalue weighted by Crippen LogP contribution is -2.45. The first-order chi connectivity index (χ1) is 12.3. The van der Waals surface area contributed by atoms with Gasteiger partial charge < -0.3 is 14.8 Å². The Morgan fingerprint density at radius 3 is 2.85 bits per heavy atom. The van der Waals surface area contributed by atoms with E-state index in [9.17, 15) is 0 Å². The van der Waals surface area contributed by atoms with Crippen LogP contribution in [0.3, 0.4) is 0 Å². The number of nitrogens with zero attached hydrogens (tertiary/aromatic N) is 2. The molecule has 2 aliphatic rings. The fourth-order valence-corrected chi connectivity index (χ4v) is 3.75. The molecule has 1 atom stereocenters. The second kappa shape index (κ2) is 8.91. The maximum Gasteiger partial charge on any atom is 0.179 e. The van der Waals surface area contributed by atoms with E-state index in [0.717, 1.165) is 43.9 Å². The van der Waals surface area contributed by atoms with Crippen LogP contribution in [-0.2, 0) is 6.54 Å². The topological polar surface area (TPSA) is 46.6 Å². The Morgan fingerprint density at radius 2 is 2.00 bits per heavy atom. The third-order valence-electron chi connectivity index (χ3n) is 4.69. The highest BCUT2D eigenvalue weighted by atomic mass is 35.5. The molecule has 3 heterocycles. The summed E-state index contributed by atoms with van der Waals surface area (Å²) in [5.74, 6) is 1.43. The summed E-state index contributed by atoms with van der Waals surface area (Å²) in [6.07, 6.45) is 4.58. The van der Waals surface area contributed by atoms with Crippen molar-refractivity contribution in [2.24, 2.45) is 0 Å². The van der Waals surface area contributed by atoms with E-state index in [0.29, 0.717) is 30.0 Å². The number of rotatable bonds is 3. The number of pyridine rings is 1. The van der Waals surface area contributed by atoms with Gasteiger partial charge in [0, 0.05) is 51.0 Å². The van der Waals surface area contributed by atoms with E-state index in [4.69, 9.17) is 21.1 Å². The number of aromatic nitrogens is 1. The molecular weight excluding hydrogens is 373 g/mol. The van der Waals surface area contributed by atoms with E-state index in [-0.39, 0.29) is 12.4 Å². The van der Waals surface area contributed by atoms with Crippen molar-refractivity contribution >= 4 is 24.0 Å². The van der Waals surface area contributed by atoms with E-state index < -0.39 is 0 Å². The lowest BCUT2D eigenvalue weighted by Gasteiger charge is -2.36. The molecule has 0 saturated carbocycles. The molecule has 1 unspecified atom stereocenters. The molecular formula is C19H23Cl2N3O2. The molecule has 1 fully saturated rings. The van der Waals surface area contributed by atoms with Crippen LogP contribution in [0.1, 0.15) is 23.6 Å². The van der Waals surface area contributed by atoms with Crippen molar-refractivity contribution in [3.63, 3.8) is 0 Å². The van der Waals surface area contributed by atoms with Crippen molar-refractivity contribution in [1.29, 1.82) is 0 Å². The van der Waals surface area contributed by atoms with Crippen molar-refractivity contribution in [2.45, 2.75) is 19.0 Å². The average Bonchev–Trinajstić information content (AvgIpc) is 2.89. The number of ether oxygens (including phenoxy) is 2. The highest BCUT2D eigenvalue weighted by Gasteiger charge is 2.25. The zero-order chi connectivity index (χ0) is 17.1. The number of hydrogen-bond donors (Lipinski definition) is 1. The predicted octanol–water partition coefficient (Wildman–Crippen LogP) is 3.46. The Morgan fingerprint density at radius 1 is 1.19 bits per heavy atom. The molecule has 0 radical (unpaired) electrons. The zero-order valence-corrected chi connectivity index (χ0v) is 16.1. The van der Waals surface area contributed by atoms with Crippen molar-refractivity contribution < 1.29 is 9.47 Å². The standard InChI is InChI=1S/C19H22ClN3O2.ClH/c20-16-10-14(11-18-19(16)25-9-1-8-24-18)13-23-7-6-22-12-17(23)15-2-4-21-5-3-15;/h2-5,10-11,17,22H,1,6-9,12-13H2;1H. The van der Waals surface area contributed by atoms with E-state index in [1.165, 1.54) is 5.56 Å². The molecule has 1 N–H and O–H groups in total. The van der Waals surface area contributed by atoms with Crippen LogP contribution < -0.4 is 14.8 Å². The van der Waals surface area contributed by atoms with Crippen molar-refractivity contribution in [2.75, 3.05) is 32.8 Å². The number of halogens is 2. The summed E-state index contributed by atoms with van der Waals surface area (Å²) >= 11 is 6.45. The van der Waals surface area contributed by atoms with Gasteiger partial charge in [-0.3, -0.25) is 9.88 Å². The SMILES string of the molecule is Cl.Clc1cc(CN2CCNCC2c2ccncc2)cc2c1OCCCO2. The van der Waals surface area contributed by atoms with Crippen LogP contribution in [0.2, 0.25) is 5.02 Å². The molecule has 26 heavy (non-hydrogen) atoms. The lowest BCUT2D eigenvalue weighted by molar-refractivity contribution is 0.153. The van der Waals surface area contributed by atoms with Gasteiger partial charge in [0.2, 0.25) is 0 Å². The number of piperazine rings is 1. The fourth-order valence-electron chi connectivity index (χ4n) is 3.46. The van der Waals surface area contributed by atoms with Gasteiger partial charge in [-0.25, -0.2) is 0 Å². The molecule has 1 aromatic heterocycles. The molecule has 2 aromatic rings. The van der Waals surface area contributed by atoms with Gasteiger partial charge in [0.15, 0.2) is 11.5 Å². The molecule has 2 aliphatic heterocycles. The molecule has 0 spiro atoms. The number of hydrogen-bond acceptors (Lipinski definition) is 5. The van der Waals surface area contributed by atoms with Crippen molar-refractivity contribution in [3.8, 4) is 11.5 Å². The lowest BCUT2D eigenvalue weighted by atomic mass is 10.0. The Labute approximate surface area is 165 Å². The van der Waals surface area contributed by atoms with Crippen LogP contribution >= 0.6 is 24.0 Å². The Balaban J connectivity index is 0.00000196. The average molecular weight is 396 g/mol. The quantitative estimate of drug-likeness (QED) is 0.861. The van der Waals surface area contributed by atoms with E-state index in [2.05, 4.69) is 33.4 Å². The summed E-state index contributed by atoms with van der Waals surface area (Å²) in [5, 5.41) is 4.12. The summed E-state index contributed by atoms with van der Waals surface area (Å²) < 4.78 is 11.5. The molecule has 4 rings (SSSR count).